The summed E-state index contributed by atoms with van der Waals surface area (Å²) in [5.41, 5.74) is 1.32. The molecule has 2 heterocycles. The summed E-state index contributed by atoms with van der Waals surface area (Å²) in [6, 6.07) is 8.49. The Morgan fingerprint density at radius 3 is 2.64 bits per heavy atom. The average Bonchev–Trinajstić information content (AvgIpc) is 2.95. The molecule has 0 amide bonds. The van der Waals surface area contributed by atoms with Gasteiger partial charge in [-0.1, -0.05) is 26.0 Å². The van der Waals surface area contributed by atoms with Gasteiger partial charge in [0.05, 0.1) is 0 Å². The first-order chi connectivity index (χ1) is 12.2. The number of rotatable bonds is 7. The summed E-state index contributed by atoms with van der Waals surface area (Å²) in [5.74, 6) is 3.53. The summed E-state index contributed by atoms with van der Waals surface area (Å²) in [7, 11) is 0. The number of nitrogens with one attached hydrogen (secondary N) is 2. The molecule has 2 unspecified atom stereocenters. The number of guanidine groups is 1. The summed E-state index contributed by atoms with van der Waals surface area (Å²) < 4.78 is 5.91. The summed E-state index contributed by atoms with van der Waals surface area (Å²) in [5, 5.41) is 6.64. The Morgan fingerprint density at radius 1 is 1.20 bits per heavy atom. The molecule has 3 rings (SSSR count). The maximum absolute atomic E-state index is 5.91. The molecule has 2 aliphatic rings. The van der Waals surface area contributed by atoms with E-state index in [0.29, 0.717) is 0 Å². The molecule has 5 nitrogen and oxygen atoms in total. The molecule has 1 aromatic carbocycles. The molecule has 5 heteroatoms. The van der Waals surface area contributed by atoms with E-state index in [-0.39, 0.29) is 0 Å². The molecule has 138 valence electrons. The minimum Gasteiger partial charge on any atom is -0.492 e. The van der Waals surface area contributed by atoms with E-state index in [2.05, 4.69) is 58.6 Å². The van der Waals surface area contributed by atoms with Crippen molar-refractivity contribution >= 4 is 5.96 Å². The topological polar surface area (TPSA) is 48.9 Å². The molecule has 2 aliphatic heterocycles. The Labute approximate surface area is 151 Å². The number of benzene rings is 1. The van der Waals surface area contributed by atoms with Crippen molar-refractivity contribution in [1.82, 2.24) is 15.5 Å². The lowest BCUT2D eigenvalue weighted by molar-refractivity contribution is 0.232. The molecule has 1 saturated heterocycles. The lowest BCUT2D eigenvalue weighted by atomic mass is 10.0. The van der Waals surface area contributed by atoms with E-state index < -0.39 is 0 Å². The summed E-state index contributed by atoms with van der Waals surface area (Å²) in [4.78, 5) is 6.93. The molecule has 2 N–H and O–H groups in total. The van der Waals surface area contributed by atoms with E-state index >= 15 is 0 Å². The first-order valence-corrected chi connectivity index (χ1v) is 9.67. The fraction of sp³-hybridized carbons (Fsp3) is 0.650. The van der Waals surface area contributed by atoms with Crippen LogP contribution in [0.1, 0.15) is 25.8 Å². The summed E-state index contributed by atoms with van der Waals surface area (Å²) >= 11 is 0. The maximum Gasteiger partial charge on any atom is 0.191 e. The first kappa shape index (κ1) is 18.1. The molecular formula is C20H32N4O. The van der Waals surface area contributed by atoms with Crippen LogP contribution in [0, 0.1) is 11.8 Å². The van der Waals surface area contributed by atoms with Crippen molar-refractivity contribution in [3.63, 3.8) is 0 Å². The highest BCUT2D eigenvalue weighted by molar-refractivity contribution is 5.80. The van der Waals surface area contributed by atoms with Gasteiger partial charge in [0.15, 0.2) is 5.96 Å². The second-order valence-electron chi connectivity index (χ2n) is 7.39. The molecule has 1 fully saturated rings. The van der Waals surface area contributed by atoms with Crippen molar-refractivity contribution in [3.8, 4) is 5.75 Å². The van der Waals surface area contributed by atoms with Gasteiger partial charge in [-0.05, 0) is 42.4 Å². The maximum atomic E-state index is 5.91. The number of nitrogens with zero attached hydrogens (tertiary/aromatic N) is 2. The van der Waals surface area contributed by atoms with Crippen LogP contribution in [0.2, 0.25) is 0 Å². The van der Waals surface area contributed by atoms with E-state index in [1.165, 1.54) is 18.7 Å². The van der Waals surface area contributed by atoms with Crippen LogP contribution < -0.4 is 15.4 Å². The van der Waals surface area contributed by atoms with Crippen LogP contribution in [0.25, 0.3) is 0 Å². The van der Waals surface area contributed by atoms with E-state index in [0.717, 1.165) is 69.2 Å². The average molecular weight is 345 g/mol. The third-order valence-corrected chi connectivity index (χ3v) is 5.27. The molecule has 0 aromatic heterocycles. The van der Waals surface area contributed by atoms with Crippen molar-refractivity contribution in [2.24, 2.45) is 16.8 Å². The van der Waals surface area contributed by atoms with Crippen LogP contribution in [-0.4, -0.2) is 56.7 Å². The van der Waals surface area contributed by atoms with Gasteiger partial charge in [0.25, 0.3) is 0 Å². The quantitative estimate of drug-likeness (QED) is 0.796. The van der Waals surface area contributed by atoms with E-state index in [1.54, 1.807) is 0 Å². The third kappa shape index (κ3) is 5.63. The van der Waals surface area contributed by atoms with Gasteiger partial charge in [-0.15, -0.1) is 0 Å². The SMILES string of the molecule is CC1CN(CCOc2ccc(CCNC3=NCCCN3)cc2)CC1C. The van der Waals surface area contributed by atoms with Crippen LogP contribution >= 0.6 is 0 Å². The van der Waals surface area contributed by atoms with E-state index in [4.69, 9.17) is 4.74 Å². The van der Waals surface area contributed by atoms with Gasteiger partial charge >= 0.3 is 0 Å². The van der Waals surface area contributed by atoms with E-state index in [9.17, 15) is 0 Å². The van der Waals surface area contributed by atoms with Crippen LogP contribution in [0.3, 0.4) is 0 Å². The Balaban J connectivity index is 1.33. The number of hydrogen-bond donors (Lipinski definition) is 2. The van der Waals surface area contributed by atoms with Crippen molar-refractivity contribution < 1.29 is 4.74 Å². The number of aliphatic imine (C=N–C) groups is 1. The fourth-order valence-electron chi connectivity index (χ4n) is 3.45. The smallest absolute Gasteiger partial charge is 0.191 e. The van der Waals surface area contributed by atoms with Gasteiger partial charge in [-0.25, -0.2) is 0 Å². The zero-order valence-electron chi connectivity index (χ0n) is 15.6. The summed E-state index contributed by atoms with van der Waals surface area (Å²) in [6.45, 7) is 11.7. The van der Waals surface area contributed by atoms with E-state index in [1.807, 2.05) is 0 Å². The highest BCUT2D eigenvalue weighted by atomic mass is 16.5. The van der Waals surface area contributed by atoms with Crippen LogP contribution in [-0.2, 0) is 6.42 Å². The highest BCUT2D eigenvalue weighted by Crippen LogP contribution is 2.21. The van der Waals surface area contributed by atoms with Crippen molar-refractivity contribution in [1.29, 1.82) is 0 Å². The molecule has 0 saturated carbocycles. The fourth-order valence-corrected chi connectivity index (χ4v) is 3.45. The number of hydrogen-bond acceptors (Lipinski definition) is 5. The molecule has 1 aromatic rings. The molecule has 0 spiro atoms. The van der Waals surface area contributed by atoms with Crippen molar-refractivity contribution in [3.05, 3.63) is 29.8 Å². The number of likely N-dealkylation sites (tertiary alicyclic amines) is 1. The molecule has 2 atom stereocenters. The Bertz CT molecular complexity index is 547. The number of ether oxygens (including phenoxy) is 1. The largest absolute Gasteiger partial charge is 0.492 e. The van der Waals surface area contributed by atoms with Gasteiger partial charge in [-0.2, -0.15) is 0 Å². The Morgan fingerprint density at radius 2 is 1.96 bits per heavy atom. The van der Waals surface area contributed by atoms with Crippen molar-refractivity contribution in [2.45, 2.75) is 26.7 Å². The van der Waals surface area contributed by atoms with Crippen LogP contribution in [0.4, 0.5) is 0 Å². The van der Waals surface area contributed by atoms with Gasteiger partial charge in [-0.3, -0.25) is 9.89 Å². The summed E-state index contributed by atoms with van der Waals surface area (Å²) in [6.07, 6.45) is 2.12. The molecule has 0 radical (unpaired) electrons. The Kier molecular flexibility index (Phi) is 6.56. The van der Waals surface area contributed by atoms with Crippen molar-refractivity contribution in [2.75, 3.05) is 45.9 Å². The predicted octanol–water partition coefficient (Wildman–Crippen LogP) is 2.13. The second kappa shape index (κ2) is 9.09. The predicted molar refractivity (Wildman–Crippen MR) is 103 cm³/mol. The molecule has 25 heavy (non-hydrogen) atoms. The zero-order valence-corrected chi connectivity index (χ0v) is 15.6. The molecule has 0 aliphatic carbocycles. The van der Waals surface area contributed by atoms with Gasteiger partial charge in [0.1, 0.15) is 12.4 Å². The lowest BCUT2D eigenvalue weighted by Crippen LogP contribution is -2.41. The van der Waals surface area contributed by atoms with Gasteiger partial charge in [0, 0.05) is 39.3 Å². The molecule has 0 bridgehead atoms. The zero-order chi connectivity index (χ0) is 17.5. The third-order valence-electron chi connectivity index (χ3n) is 5.27. The van der Waals surface area contributed by atoms with Crippen LogP contribution in [0.5, 0.6) is 5.75 Å². The molecular weight excluding hydrogens is 312 g/mol. The van der Waals surface area contributed by atoms with Crippen LogP contribution in [0.15, 0.2) is 29.3 Å². The van der Waals surface area contributed by atoms with Gasteiger partial charge in [0.2, 0.25) is 0 Å². The normalized spacial score (nSPS) is 23.8. The monoisotopic (exact) mass is 344 g/mol. The second-order valence-corrected chi connectivity index (χ2v) is 7.39. The lowest BCUT2D eigenvalue weighted by Gasteiger charge is -2.16. The van der Waals surface area contributed by atoms with Gasteiger partial charge < -0.3 is 15.4 Å². The standard InChI is InChI=1S/C20H32N4O/c1-16-14-24(15-17(16)2)12-13-25-19-6-4-18(5-7-19)8-11-23-20-21-9-3-10-22-20/h4-7,16-17H,3,8-15H2,1-2H3,(H2,21,22,23). The minimum atomic E-state index is 0.770. The first-order valence-electron chi connectivity index (χ1n) is 9.67. The Hall–Kier alpha value is -1.75. The highest BCUT2D eigenvalue weighted by Gasteiger charge is 2.25. The minimum absolute atomic E-state index is 0.770.